The van der Waals surface area contributed by atoms with Gasteiger partial charge in [-0.15, -0.1) is 0 Å². The maximum absolute atomic E-state index is 13.9. The molecule has 4 aromatic rings. The summed E-state index contributed by atoms with van der Waals surface area (Å²) < 4.78 is 32.9. The first-order chi connectivity index (χ1) is 17.0. The molecule has 6 nitrogen and oxygen atoms in total. The molecule has 5 rings (SSSR count). The zero-order valence-corrected chi connectivity index (χ0v) is 19.8. The van der Waals surface area contributed by atoms with Crippen molar-refractivity contribution in [3.05, 3.63) is 99.8 Å². The second-order valence-electron chi connectivity index (χ2n) is 8.42. The number of nitriles is 1. The van der Waals surface area contributed by atoms with E-state index >= 15 is 0 Å². The first-order valence-electron chi connectivity index (χ1n) is 11.2. The number of hydrogen-bond donors (Lipinski definition) is 0. The normalized spacial score (nSPS) is 13.9. The molecular weight excluding hydrogens is 445 g/mol. The van der Waals surface area contributed by atoms with Gasteiger partial charge in [0.05, 0.1) is 31.2 Å². The molecule has 0 bridgehead atoms. The van der Waals surface area contributed by atoms with Gasteiger partial charge in [0.2, 0.25) is 0 Å². The summed E-state index contributed by atoms with van der Waals surface area (Å²) in [5.74, 6) is 0.750. The minimum absolute atomic E-state index is 0.272. The smallest absolute Gasteiger partial charge is 0.180 e. The monoisotopic (exact) mass is 469 g/mol. The van der Waals surface area contributed by atoms with E-state index in [1.807, 2.05) is 34.9 Å². The molecule has 2 aromatic carbocycles. The van der Waals surface area contributed by atoms with E-state index in [1.165, 1.54) is 12.1 Å². The van der Waals surface area contributed by atoms with Gasteiger partial charge in [-0.2, -0.15) is 5.26 Å². The Morgan fingerprint density at radius 1 is 1.17 bits per heavy atom. The molecule has 0 unspecified atom stereocenters. The number of pyridine rings is 1. The summed E-state index contributed by atoms with van der Waals surface area (Å²) in [4.78, 5) is 4.76. The molecule has 0 saturated carbocycles. The zero-order valence-electron chi connectivity index (χ0n) is 19.8. The summed E-state index contributed by atoms with van der Waals surface area (Å²) in [5, 5.41) is 9.68. The highest BCUT2D eigenvalue weighted by Gasteiger charge is 2.23. The van der Waals surface area contributed by atoms with Crippen molar-refractivity contribution in [2.75, 3.05) is 14.2 Å². The Labute approximate surface area is 202 Å². The molecule has 1 aliphatic heterocycles. The molecule has 3 heterocycles. The van der Waals surface area contributed by atoms with Gasteiger partial charge < -0.3 is 18.6 Å². The summed E-state index contributed by atoms with van der Waals surface area (Å²) in [7, 11) is 3.28. The van der Waals surface area contributed by atoms with Crippen LogP contribution in [-0.2, 0) is 24.4 Å². The van der Waals surface area contributed by atoms with E-state index in [1.54, 1.807) is 27.2 Å². The van der Waals surface area contributed by atoms with Crippen molar-refractivity contribution < 1.29 is 18.6 Å². The molecule has 7 heteroatoms. The molecule has 0 amide bonds. The molecule has 0 spiro atoms. The summed E-state index contributed by atoms with van der Waals surface area (Å²) in [6.45, 7) is 2.42. The zero-order chi connectivity index (χ0) is 24.5. The maximum atomic E-state index is 13.9. The molecule has 2 aromatic heterocycles. The third-order valence-electron chi connectivity index (χ3n) is 6.25. The van der Waals surface area contributed by atoms with Crippen LogP contribution in [0.1, 0.15) is 40.6 Å². The van der Waals surface area contributed by atoms with Crippen molar-refractivity contribution in [2.45, 2.75) is 26.6 Å². The van der Waals surface area contributed by atoms with Crippen LogP contribution < -0.4 is 9.47 Å². The van der Waals surface area contributed by atoms with Gasteiger partial charge in [-0.25, -0.2) is 9.37 Å². The summed E-state index contributed by atoms with van der Waals surface area (Å²) >= 11 is 0. The highest BCUT2D eigenvalue weighted by molar-refractivity contribution is 5.88. The minimum Gasteiger partial charge on any atom is -0.493 e. The SMILES string of the molecule is COCc1nc2c(OC)cccn2c1Cc1ccc2c(c1)COc1cc(F)ccc1/C2=C(\C)C#N. The lowest BCUT2D eigenvalue weighted by Crippen LogP contribution is -2.03. The summed E-state index contributed by atoms with van der Waals surface area (Å²) in [6.07, 6.45) is 2.58. The number of imidazole rings is 1. The topological polar surface area (TPSA) is 68.8 Å². The average molecular weight is 470 g/mol. The number of rotatable bonds is 5. The molecule has 0 atom stereocenters. The number of hydrogen-bond acceptors (Lipinski definition) is 5. The number of halogens is 1. The highest BCUT2D eigenvalue weighted by Crippen LogP contribution is 2.39. The first kappa shape index (κ1) is 22.6. The van der Waals surface area contributed by atoms with Crippen molar-refractivity contribution in [1.82, 2.24) is 9.38 Å². The molecule has 0 N–H and O–H groups in total. The number of fused-ring (bicyclic) bond motifs is 3. The molecule has 35 heavy (non-hydrogen) atoms. The predicted molar refractivity (Wildman–Crippen MR) is 130 cm³/mol. The van der Waals surface area contributed by atoms with E-state index < -0.39 is 0 Å². The summed E-state index contributed by atoms with van der Waals surface area (Å²) in [6, 6.07) is 16.6. The second kappa shape index (κ2) is 9.24. The molecule has 0 fully saturated rings. The van der Waals surface area contributed by atoms with E-state index in [0.717, 1.165) is 39.3 Å². The number of ether oxygens (including phenoxy) is 3. The fraction of sp³-hybridized carbons (Fsp3) is 0.214. The Morgan fingerprint density at radius 3 is 2.77 bits per heavy atom. The molecule has 0 aliphatic carbocycles. The molecule has 0 radical (unpaired) electrons. The van der Waals surface area contributed by atoms with Gasteiger partial charge in [0.1, 0.15) is 18.2 Å². The van der Waals surface area contributed by atoms with E-state index in [9.17, 15) is 9.65 Å². The molecule has 1 aliphatic rings. The van der Waals surface area contributed by atoms with Gasteiger partial charge in [0, 0.05) is 42.5 Å². The van der Waals surface area contributed by atoms with Crippen LogP contribution in [0.5, 0.6) is 11.5 Å². The van der Waals surface area contributed by atoms with Gasteiger partial charge in [-0.3, -0.25) is 0 Å². The third-order valence-corrected chi connectivity index (χ3v) is 6.25. The molecule has 176 valence electrons. The highest BCUT2D eigenvalue weighted by atomic mass is 19.1. The van der Waals surface area contributed by atoms with Crippen LogP contribution >= 0.6 is 0 Å². The van der Waals surface area contributed by atoms with Crippen LogP contribution in [0.3, 0.4) is 0 Å². The van der Waals surface area contributed by atoms with Gasteiger partial charge in [0.25, 0.3) is 0 Å². The quantitative estimate of drug-likeness (QED) is 0.363. The van der Waals surface area contributed by atoms with Crippen molar-refractivity contribution in [3.63, 3.8) is 0 Å². The van der Waals surface area contributed by atoms with E-state index in [-0.39, 0.29) is 12.4 Å². The summed E-state index contributed by atoms with van der Waals surface area (Å²) in [5.41, 5.74) is 7.51. The lowest BCUT2D eigenvalue weighted by atomic mass is 9.89. The Balaban J connectivity index is 1.60. The first-order valence-corrected chi connectivity index (χ1v) is 11.2. The Bertz CT molecular complexity index is 1510. The van der Waals surface area contributed by atoms with Gasteiger partial charge in [-0.05, 0) is 47.9 Å². The van der Waals surface area contributed by atoms with E-state index in [0.29, 0.717) is 35.7 Å². The number of aromatic nitrogens is 2. The van der Waals surface area contributed by atoms with Gasteiger partial charge in [0.15, 0.2) is 11.4 Å². The van der Waals surface area contributed by atoms with Crippen molar-refractivity contribution in [1.29, 1.82) is 5.26 Å². The van der Waals surface area contributed by atoms with Crippen molar-refractivity contribution in [3.8, 4) is 17.6 Å². The minimum atomic E-state index is -0.377. The van der Waals surface area contributed by atoms with Crippen LogP contribution in [0.4, 0.5) is 4.39 Å². The van der Waals surface area contributed by atoms with E-state index in [4.69, 9.17) is 19.2 Å². The fourth-order valence-corrected chi connectivity index (χ4v) is 4.63. The lowest BCUT2D eigenvalue weighted by Gasteiger charge is -2.13. The van der Waals surface area contributed by atoms with Crippen LogP contribution in [0.15, 0.2) is 60.3 Å². The molecule has 0 saturated heterocycles. The fourth-order valence-electron chi connectivity index (χ4n) is 4.63. The Morgan fingerprint density at radius 2 is 2.00 bits per heavy atom. The molecular formula is C28H24FN3O3. The third kappa shape index (κ3) is 4.02. The van der Waals surface area contributed by atoms with Crippen LogP contribution in [0, 0.1) is 17.1 Å². The second-order valence-corrected chi connectivity index (χ2v) is 8.42. The van der Waals surface area contributed by atoms with Crippen LogP contribution in [-0.4, -0.2) is 23.6 Å². The number of benzene rings is 2. The number of allylic oxidation sites excluding steroid dienone is 1. The van der Waals surface area contributed by atoms with E-state index in [2.05, 4.69) is 12.1 Å². The average Bonchev–Trinajstić information content (AvgIpc) is 3.12. The van der Waals surface area contributed by atoms with Crippen molar-refractivity contribution >= 4 is 11.2 Å². The number of nitrogens with zero attached hydrogens (tertiary/aromatic N) is 3. The lowest BCUT2D eigenvalue weighted by molar-refractivity contribution is 0.181. The largest absolute Gasteiger partial charge is 0.493 e. The predicted octanol–water partition coefficient (Wildman–Crippen LogP) is 5.46. The van der Waals surface area contributed by atoms with Crippen molar-refractivity contribution in [2.24, 2.45) is 0 Å². The Kier molecular flexibility index (Phi) is 5.98. The standard InChI is InChI=1S/C28H24FN3O3/c1-17(14-30)27-21-8-6-18(11-19(21)15-35-26-13-20(29)7-9-22(26)27)12-24-23(16-33-2)31-28-25(34-3)5-4-10-32(24)28/h4-11,13H,12,15-16H2,1-3H3/b27-17+. The Hall–Kier alpha value is -4.15. The van der Waals surface area contributed by atoms with Gasteiger partial charge >= 0.3 is 0 Å². The van der Waals surface area contributed by atoms with Crippen LogP contribution in [0.25, 0.3) is 11.2 Å². The number of methoxy groups -OCH3 is 2. The maximum Gasteiger partial charge on any atom is 0.180 e. The van der Waals surface area contributed by atoms with Crippen LogP contribution in [0.2, 0.25) is 0 Å². The van der Waals surface area contributed by atoms with Gasteiger partial charge in [-0.1, -0.05) is 18.2 Å².